The molecule has 0 radical (unpaired) electrons. The largest absolute Gasteiger partial charge is 0.598 e. The predicted octanol–water partition coefficient (Wildman–Crippen LogP) is 5.38. The molecule has 1 N–H and O–H groups in total. The van der Waals surface area contributed by atoms with Crippen molar-refractivity contribution >= 4 is 28.9 Å². The number of benzene rings is 2. The van der Waals surface area contributed by atoms with Crippen molar-refractivity contribution in [3.8, 4) is 11.5 Å². The van der Waals surface area contributed by atoms with Crippen molar-refractivity contribution in [2.75, 3.05) is 13.7 Å². The van der Waals surface area contributed by atoms with Crippen LogP contribution in [-0.2, 0) is 27.3 Å². The van der Waals surface area contributed by atoms with Gasteiger partial charge in [-0.3, -0.25) is 4.79 Å². The van der Waals surface area contributed by atoms with Gasteiger partial charge in [-0.2, -0.15) is 0 Å². The molecule has 6 nitrogen and oxygen atoms in total. The Morgan fingerprint density at radius 3 is 2.30 bits per heavy atom. The third kappa shape index (κ3) is 7.81. The van der Waals surface area contributed by atoms with Crippen LogP contribution in [-0.4, -0.2) is 35.1 Å². The first-order chi connectivity index (χ1) is 15.5. The fourth-order valence-electron chi connectivity index (χ4n) is 3.16. The summed E-state index contributed by atoms with van der Waals surface area (Å²) in [5.41, 5.74) is 2.29. The van der Waals surface area contributed by atoms with E-state index in [-0.39, 0.29) is 25.1 Å². The van der Waals surface area contributed by atoms with E-state index in [0.29, 0.717) is 22.1 Å². The van der Waals surface area contributed by atoms with Gasteiger partial charge in [0.25, 0.3) is 0 Å². The molecule has 2 atom stereocenters. The predicted molar refractivity (Wildman–Crippen MR) is 133 cm³/mol. The van der Waals surface area contributed by atoms with Crippen LogP contribution in [0.1, 0.15) is 64.3 Å². The Morgan fingerprint density at radius 1 is 1.15 bits per heavy atom. The minimum atomic E-state index is -1.39. The van der Waals surface area contributed by atoms with E-state index >= 15 is 0 Å². The number of ether oxygens (including phenoxy) is 3. The maximum atomic E-state index is 13.1. The minimum Gasteiger partial charge on any atom is -0.598 e. The lowest BCUT2D eigenvalue weighted by Gasteiger charge is -2.30. The second-order valence-corrected chi connectivity index (χ2v) is 11.3. The lowest BCUT2D eigenvalue weighted by atomic mass is 9.93. The van der Waals surface area contributed by atoms with Crippen molar-refractivity contribution in [2.24, 2.45) is 0 Å². The van der Waals surface area contributed by atoms with E-state index in [0.717, 1.165) is 11.1 Å². The minimum absolute atomic E-state index is 0.0371. The number of carbonyl (C=O) groups is 1. The number of rotatable bonds is 10. The number of hydrogen-bond donors (Lipinski definition) is 1. The Balaban J connectivity index is 2.70. The van der Waals surface area contributed by atoms with Gasteiger partial charge in [0, 0.05) is 16.4 Å². The number of halogens is 1. The standard InChI is InChI=1S/C25H34ClNO5S/c1-8-31-23(28)14-18-13-21(30-7)22(32-16(2)3)15-20(18)24(27-33(29)25(4,5)6)17-9-11-19(26)12-10-17/h9-13,15-16,24,27H,8,14H2,1-7H3/t24-,33?/m0/s1. The quantitative estimate of drug-likeness (QED) is 0.352. The summed E-state index contributed by atoms with van der Waals surface area (Å²) in [5.74, 6) is 0.695. The van der Waals surface area contributed by atoms with Gasteiger partial charge >= 0.3 is 5.97 Å². The van der Waals surface area contributed by atoms with Crippen molar-refractivity contribution in [2.45, 2.75) is 64.9 Å². The molecule has 8 heteroatoms. The zero-order valence-electron chi connectivity index (χ0n) is 20.4. The highest BCUT2D eigenvalue weighted by atomic mass is 35.5. The molecule has 0 aliphatic carbocycles. The third-order valence-electron chi connectivity index (χ3n) is 4.72. The number of esters is 1. The summed E-state index contributed by atoms with van der Waals surface area (Å²) in [6.07, 6.45) is -0.0524. The topological polar surface area (TPSA) is 79.9 Å². The van der Waals surface area contributed by atoms with E-state index < -0.39 is 22.2 Å². The number of methoxy groups -OCH3 is 1. The molecule has 0 heterocycles. The van der Waals surface area contributed by atoms with Gasteiger partial charge in [0.2, 0.25) is 0 Å². The molecule has 182 valence electrons. The summed E-state index contributed by atoms with van der Waals surface area (Å²) in [6, 6.07) is 10.5. The average Bonchev–Trinajstić information content (AvgIpc) is 2.72. The van der Waals surface area contributed by atoms with Crippen LogP contribution in [0.5, 0.6) is 11.5 Å². The van der Waals surface area contributed by atoms with Gasteiger partial charge in [-0.25, -0.2) is 0 Å². The molecule has 1 unspecified atom stereocenters. The van der Waals surface area contributed by atoms with Gasteiger partial charge in [0.15, 0.2) is 11.5 Å². The van der Waals surface area contributed by atoms with E-state index in [1.54, 1.807) is 32.2 Å². The van der Waals surface area contributed by atoms with Crippen LogP contribution in [0.15, 0.2) is 36.4 Å². The first kappa shape index (κ1) is 27.3. The van der Waals surface area contributed by atoms with Gasteiger partial charge in [-0.05, 0) is 82.5 Å². The fraction of sp³-hybridized carbons (Fsp3) is 0.480. The van der Waals surface area contributed by atoms with Crippen LogP contribution in [0, 0.1) is 0 Å². The fourth-order valence-corrected chi connectivity index (χ4v) is 4.12. The molecular weight excluding hydrogens is 462 g/mol. The SMILES string of the molecule is CCOC(=O)Cc1cc(OC)c(OC(C)C)cc1[C@@H](N[S+]([O-])C(C)(C)C)c1ccc(Cl)cc1. The summed E-state index contributed by atoms with van der Waals surface area (Å²) in [6.45, 7) is 11.6. The summed E-state index contributed by atoms with van der Waals surface area (Å²) < 4.78 is 32.6. The van der Waals surface area contributed by atoms with E-state index in [9.17, 15) is 9.35 Å². The molecule has 0 saturated heterocycles. The molecule has 0 aliphatic rings. The highest BCUT2D eigenvalue weighted by Crippen LogP contribution is 2.38. The van der Waals surface area contributed by atoms with Gasteiger partial charge < -0.3 is 18.8 Å². The lowest BCUT2D eigenvalue weighted by Crippen LogP contribution is -2.41. The normalized spacial score (nSPS) is 13.5. The molecule has 33 heavy (non-hydrogen) atoms. The maximum Gasteiger partial charge on any atom is 0.310 e. The van der Waals surface area contributed by atoms with Gasteiger partial charge in [0.1, 0.15) is 10.8 Å². The Bertz CT molecular complexity index is 928. The first-order valence-corrected chi connectivity index (χ1v) is 12.5. The second-order valence-electron chi connectivity index (χ2n) is 8.83. The van der Waals surface area contributed by atoms with Gasteiger partial charge in [-0.1, -0.05) is 23.7 Å². The molecule has 0 bridgehead atoms. The van der Waals surface area contributed by atoms with E-state index in [1.807, 2.05) is 52.8 Å². The summed E-state index contributed by atoms with van der Waals surface area (Å²) in [7, 11) is 1.56. The second kappa shape index (κ2) is 12.0. The Labute approximate surface area is 205 Å². The third-order valence-corrected chi connectivity index (χ3v) is 6.54. The summed E-state index contributed by atoms with van der Waals surface area (Å²) >= 11 is 4.73. The number of hydrogen-bond acceptors (Lipinski definition) is 6. The highest BCUT2D eigenvalue weighted by Gasteiger charge is 2.32. The van der Waals surface area contributed by atoms with Crippen LogP contribution < -0.4 is 14.2 Å². The van der Waals surface area contributed by atoms with Crippen LogP contribution in [0.4, 0.5) is 0 Å². The zero-order chi connectivity index (χ0) is 24.8. The summed E-state index contributed by atoms with van der Waals surface area (Å²) in [5, 5.41) is 0.597. The molecule has 0 fully saturated rings. The Kier molecular flexibility index (Phi) is 9.91. The molecule has 2 rings (SSSR count). The van der Waals surface area contributed by atoms with Gasteiger partial charge in [0.05, 0.1) is 26.2 Å². The van der Waals surface area contributed by atoms with Crippen molar-refractivity contribution in [3.05, 3.63) is 58.1 Å². The van der Waals surface area contributed by atoms with Gasteiger partial charge in [-0.15, -0.1) is 4.72 Å². The van der Waals surface area contributed by atoms with Crippen molar-refractivity contribution in [1.29, 1.82) is 0 Å². The maximum absolute atomic E-state index is 13.1. The van der Waals surface area contributed by atoms with Crippen molar-refractivity contribution < 1.29 is 23.6 Å². The molecule has 0 aromatic heterocycles. The van der Waals surface area contributed by atoms with Crippen molar-refractivity contribution in [1.82, 2.24) is 4.72 Å². The average molecular weight is 496 g/mol. The van der Waals surface area contributed by atoms with E-state index in [2.05, 4.69) is 4.72 Å². The Hall–Kier alpha value is -1.93. The number of carbonyl (C=O) groups excluding carboxylic acids is 1. The van der Waals surface area contributed by atoms with Crippen molar-refractivity contribution in [3.63, 3.8) is 0 Å². The first-order valence-electron chi connectivity index (χ1n) is 10.9. The molecular formula is C25H34ClNO5S. The Morgan fingerprint density at radius 2 is 1.79 bits per heavy atom. The smallest absolute Gasteiger partial charge is 0.310 e. The molecule has 0 saturated carbocycles. The van der Waals surface area contributed by atoms with Crippen LogP contribution in [0.25, 0.3) is 0 Å². The van der Waals surface area contributed by atoms with E-state index in [1.165, 1.54) is 0 Å². The molecule has 0 amide bonds. The molecule has 2 aromatic carbocycles. The number of nitrogens with one attached hydrogen (secondary N) is 1. The molecule has 0 spiro atoms. The van der Waals surface area contributed by atoms with Crippen LogP contribution in [0.2, 0.25) is 5.02 Å². The lowest BCUT2D eigenvalue weighted by molar-refractivity contribution is -0.142. The van der Waals surface area contributed by atoms with Crippen LogP contribution in [0.3, 0.4) is 0 Å². The monoisotopic (exact) mass is 495 g/mol. The van der Waals surface area contributed by atoms with E-state index in [4.69, 9.17) is 25.8 Å². The van der Waals surface area contributed by atoms with Crippen LogP contribution >= 0.6 is 11.6 Å². The molecule has 0 aliphatic heterocycles. The highest BCUT2D eigenvalue weighted by molar-refractivity contribution is 7.90. The summed E-state index contributed by atoms with van der Waals surface area (Å²) in [4.78, 5) is 12.4. The molecule has 2 aromatic rings. The zero-order valence-corrected chi connectivity index (χ0v) is 21.9.